The summed E-state index contributed by atoms with van der Waals surface area (Å²) >= 11 is 1.65. The van der Waals surface area contributed by atoms with Crippen molar-refractivity contribution in [2.45, 2.75) is 57.9 Å². The van der Waals surface area contributed by atoms with Crippen LogP contribution in [0.5, 0.6) is 0 Å². The maximum atomic E-state index is 5.66. The van der Waals surface area contributed by atoms with E-state index in [1.807, 2.05) is 28.7 Å². The Morgan fingerprint density at radius 3 is 2.44 bits per heavy atom. The van der Waals surface area contributed by atoms with E-state index in [9.17, 15) is 0 Å². The third-order valence-electron chi connectivity index (χ3n) is 6.58. The van der Waals surface area contributed by atoms with Crippen LogP contribution in [-0.4, -0.2) is 61.8 Å². The quantitative estimate of drug-likeness (QED) is 0.417. The van der Waals surface area contributed by atoms with Gasteiger partial charge in [0.1, 0.15) is 16.3 Å². The minimum atomic E-state index is 0.0629. The maximum absolute atomic E-state index is 5.66. The molecule has 1 saturated carbocycles. The third-order valence-corrected chi connectivity index (χ3v) is 7.78. The number of fused-ring (bicyclic) bond motifs is 1. The van der Waals surface area contributed by atoms with Crippen molar-refractivity contribution >= 4 is 27.4 Å². The molecule has 1 aliphatic carbocycles. The first-order valence-electron chi connectivity index (χ1n) is 11.6. The molecule has 0 bridgehead atoms. The number of thiophene rings is 1. The molecule has 1 fully saturated rings. The van der Waals surface area contributed by atoms with Crippen LogP contribution in [0.2, 0.25) is 0 Å². The second-order valence-electron chi connectivity index (χ2n) is 9.13. The van der Waals surface area contributed by atoms with Gasteiger partial charge in [-0.25, -0.2) is 15.0 Å². The Hall–Kier alpha value is -2.82. The summed E-state index contributed by atoms with van der Waals surface area (Å²) in [5.41, 5.74) is 2.09. The number of nitrogens with one attached hydrogen (secondary N) is 1. The van der Waals surface area contributed by atoms with E-state index in [-0.39, 0.29) is 18.2 Å². The molecule has 4 heterocycles. The summed E-state index contributed by atoms with van der Waals surface area (Å²) in [5, 5.41) is 9.54. The van der Waals surface area contributed by atoms with Crippen molar-refractivity contribution in [1.82, 2.24) is 29.3 Å². The molecule has 1 aliphatic rings. The number of rotatable bonds is 7. The number of methoxy groups -OCH3 is 2. The Bertz CT molecular complexity index is 1300. The number of imidazole rings is 1. The van der Waals surface area contributed by atoms with Gasteiger partial charge in [-0.2, -0.15) is 5.10 Å². The number of aromatic nitrogens is 6. The molecule has 0 saturated heterocycles. The lowest BCUT2D eigenvalue weighted by atomic mass is 10.1. The van der Waals surface area contributed by atoms with Gasteiger partial charge in [-0.3, -0.25) is 4.68 Å². The van der Waals surface area contributed by atoms with Crippen LogP contribution >= 0.6 is 11.3 Å². The highest BCUT2D eigenvalue weighted by atomic mass is 32.1. The lowest BCUT2D eigenvalue weighted by Gasteiger charge is -2.15. The highest BCUT2D eigenvalue weighted by Gasteiger charge is 2.35. The molecule has 0 amide bonds. The van der Waals surface area contributed by atoms with Gasteiger partial charge in [0.15, 0.2) is 11.6 Å². The highest BCUT2D eigenvalue weighted by Crippen LogP contribution is 2.41. The predicted octanol–water partition coefficient (Wildman–Crippen LogP) is 4.45. The molecule has 34 heavy (non-hydrogen) atoms. The summed E-state index contributed by atoms with van der Waals surface area (Å²) in [4.78, 5) is 16.4. The standard InChI is InChI=1S/C24H31N7O2S/c1-13(2)31-9-7-16(29-31)20-14(3)19-21(26-15-11-17(32-5)18(12-15)33-6)27-22(28-24(19)34-20)23-25-8-10-30(23)4/h7-10,13,15,17-18H,11-12H2,1-6H3,(H,26,27,28)/t17-,18-/m0/s1. The van der Waals surface area contributed by atoms with E-state index in [0.717, 1.165) is 50.8 Å². The lowest BCUT2D eigenvalue weighted by molar-refractivity contribution is -0.0157. The van der Waals surface area contributed by atoms with Gasteiger partial charge in [0.25, 0.3) is 0 Å². The zero-order valence-electron chi connectivity index (χ0n) is 20.4. The first-order chi connectivity index (χ1) is 16.4. The van der Waals surface area contributed by atoms with Crippen molar-refractivity contribution in [1.29, 1.82) is 0 Å². The van der Waals surface area contributed by atoms with Gasteiger partial charge >= 0.3 is 0 Å². The number of hydrogen-bond donors (Lipinski definition) is 1. The van der Waals surface area contributed by atoms with Gasteiger partial charge in [0.2, 0.25) is 0 Å². The van der Waals surface area contributed by atoms with Gasteiger partial charge in [0.05, 0.1) is 22.5 Å². The van der Waals surface area contributed by atoms with E-state index in [1.165, 1.54) is 0 Å². The summed E-state index contributed by atoms with van der Waals surface area (Å²) < 4.78 is 15.2. The second kappa shape index (κ2) is 9.09. The molecule has 0 unspecified atom stereocenters. The smallest absolute Gasteiger partial charge is 0.199 e. The van der Waals surface area contributed by atoms with E-state index in [2.05, 4.69) is 37.1 Å². The first-order valence-corrected chi connectivity index (χ1v) is 12.4. The Morgan fingerprint density at radius 1 is 1.12 bits per heavy atom. The number of hydrogen-bond acceptors (Lipinski definition) is 8. The van der Waals surface area contributed by atoms with Crippen molar-refractivity contribution in [3.63, 3.8) is 0 Å². The number of anilines is 1. The topological polar surface area (TPSA) is 91.9 Å². The van der Waals surface area contributed by atoms with Crippen LogP contribution < -0.4 is 5.32 Å². The van der Waals surface area contributed by atoms with Gasteiger partial charge < -0.3 is 19.4 Å². The summed E-state index contributed by atoms with van der Waals surface area (Å²) in [5.74, 6) is 2.16. The molecule has 180 valence electrons. The van der Waals surface area contributed by atoms with E-state index in [1.54, 1.807) is 31.8 Å². The van der Waals surface area contributed by atoms with Crippen LogP contribution in [0.1, 0.15) is 38.3 Å². The van der Waals surface area contributed by atoms with Gasteiger partial charge in [-0.1, -0.05) is 0 Å². The molecular weight excluding hydrogens is 450 g/mol. The van der Waals surface area contributed by atoms with Gasteiger partial charge in [-0.15, -0.1) is 11.3 Å². The molecular formula is C24H31N7O2S. The van der Waals surface area contributed by atoms with Crippen molar-refractivity contribution < 1.29 is 9.47 Å². The Morgan fingerprint density at radius 2 is 1.85 bits per heavy atom. The minimum Gasteiger partial charge on any atom is -0.379 e. The third kappa shape index (κ3) is 3.99. The van der Waals surface area contributed by atoms with Crippen LogP contribution in [0.25, 0.3) is 32.4 Å². The average molecular weight is 482 g/mol. The number of nitrogens with zero attached hydrogens (tertiary/aromatic N) is 6. The first kappa shape index (κ1) is 22.9. The molecule has 10 heteroatoms. The SMILES string of the molecule is CO[C@H]1CC(Nc2nc(-c3nccn3C)nc3sc(-c4ccn(C(C)C)n4)c(C)c23)C[C@@H]1OC. The van der Waals surface area contributed by atoms with Crippen molar-refractivity contribution in [3.05, 3.63) is 30.2 Å². The van der Waals surface area contributed by atoms with Crippen LogP contribution in [0.3, 0.4) is 0 Å². The van der Waals surface area contributed by atoms with Crippen LogP contribution in [-0.2, 0) is 16.5 Å². The number of ether oxygens (including phenoxy) is 2. The molecule has 0 radical (unpaired) electrons. The van der Waals surface area contributed by atoms with Crippen LogP contribution in [0.4, 0.5) is 5.82 Å². The summed E-state index contributed by atoms with van der Waals surface area (Å²) in [7, 11) is 5.44. The van der Waals surface area contributed by atoms with Crippen molar-refractivity contribution in [3.8, 4) is 22.2 Å². The zero-order chi connectivity index (χ0) is 24.0. The van der Waals surface area contributed by atoms with E-state index >= 15 is 0 Å². The Balaban J connectivity index is 1.61. The van der Waals surface area contributed by atoms with Crippen LogP contribution in [0, 0.1) is 6.92 Å². The summed E-state index contributed by atoms with van der Waals surface area (Å²) in [6, 6.07) is 2.56. The minimum absolute atomic E-state index is 0.0629. The average Bonchev–Trinajstić information content (AvgIpc) is 3.59. The summed E-state index contributed by atoms with van der Waals surface area (Å²) in [6.07, 6.45) is 7.54. The van der Waals surface area contributed by atoms with E-state index in [0.29, 0.717) is 11.9 Å². The number of aryl methyl sites for hydroxylation is 2. The maximum Gasteiger partial charge on any atom is 0.199 e. The molecule has 0 aromatic carbocycles. The largest absolute Gasteiger partial charge is 0.379 e. The molecule has 0 spiro atoms. The predicted molar refractivity (Wildman–Crippen MR) is 134 cm³/mol. The monoisotopic (exact) mass is 481 g/mol. The van der Waals surface area contributed by atoms with E-state index < -0.39 is 0 Å². The molecule has 2 atom stereocenters. The Labute approximate surface area is 203 Å². The normalized spacial score (nSPS) is 19.0. The second-order valence-corrected chi connectivity index (χ2v) is 10.1. The van der Waals surface area contributed by atoms with E-state index in [4.69, 9.17) is 24.5 Å². The molecule has 4 aromatic rings. The van der Waals surface area contributed by atoms with Crippen molar-refractivity contribution in [2.24, 2.45) is 7.05 Å². The fourth-order valence-electron chi connectivity index (χ4n) is 4.68. The molecule has 5 rings (SSSR count). The fraction of sp³-hybridized carbons (Fsp3) is 0.500. The Kier molecular flexibility index (Phi) is 6.13. The fourth-order valence-corrected chi connectivity index (χ4v) is 5.83. The zero-order valence-corrected chi connectivity index (χ0v) is 21.3. The summed E-state index contributed by atoms with van der Waals surface area (Å²) in [6.45, 7) is 6.38. The molecule has 4 aromatic heterocycles. The highest BCUT2D eigenvalue weighted by molar-refractivity contribution is 7.22. The molecule has 1 N–H and O–H groups in total. The molecule has 9 nitrogen and oxygen atoms in total. The van der Waals surface area contributed by atoms with Crippen LogP contribution in [0.15, 0.2) is 24.7 Å². The van der Waals surface area contributed by atoms with Gasteiger partial charge in [0, 0.05) is 51.9 Å². The molecule has 0 aliphatic heterocycles. The van der Waals surface area contributed by atoms with Crippen molar-refractivity contribution in [2.75, 3.05) is 19.5 Å². The van der Waals surface area contributed by atoms with Gasteiger partial charge in [-0.05, 0) is 45.2 Å². The lowest BCUT2D eigenvalue weighted by Crippen LogP contribution is -2.23.